The largest absolute Gasteiger partial charge is 0.468 e. The van der Waals surface area contributed by atoms with Gasteiger partial charge in [0.25, 0.3) is 0 Å². The van der Waals surface area contributed by atoms with Crippen molar-refractivity contribution in [2.75, 3.05) is 20.2 Å². The molecule has 0 aromatic rings. The third-order valence-electron chi connectivity index (χ3n) is 3.67. The lowest BCUT2D eigenvalue weighted by molar-refractivity contribution is -0.143. The molecule has 1 amide bonds. The van der Waals surface area contributed by atoms with Gasteiger partial charge in [-0.25, -0.2) is 0 Å². The van der Waals surface area contributed by atoms with Crippen molar-refractivity contribution < 1.29 is 14.3 Å². The van der Waals surface area contributed by atoms with E-state index in [0.717, 1.165) is 12.8 Å². The van der Waals surface area contributed by atoms with E-state index >= 15 is 0 Å². The molecule has 0 bridgehead atoms. The molecule has 3 atom stereocenters. The van der Waals surface area contributed by atoms with Crippen molar-refractivity contribution in [2.45, 2.75) is 52.1 Å². The smallest absolute Gasteiger partial charge is 0.322 e. The second-order valence-corrected chi connectivity index (χ2v) is 7.02. The van der Waals surface area contributed by atoms with Crippen LogP contribution in [0.2, 0.25) is 0 Å². The summed E-state index contributed by atoms with van der Waals surface area (Å²) in [7, 11) is 1.36. The van der Waals surface area contributed by atoms with Crippen molar-refractivity contribution >= 4 is 11.9 Å². The molecule has 122 valence electrons. The second kappa shape index (κ2) is 7.75. The third-order valence-corrected chi connectivity index (χ3v) is 3.67. The highest BCUT2D eigenvalue weighted by Gasteiger charge is 2.31. The molecule has 0 aromatic heterocycles. The first kappa shape index (κ1) is 17.9. The molecule has 0 radical (unpaired) electrons. The van der Waals surface area contributed by atoms with E-state index < -0.39 is 6.04 Å². The molecule has 0 unspecified atom stereocenters. The third kappa shape index (κ3) is 6.44. The number of methoxy groups -OCH3 is 1. The van der Waals surface area contributed by atoms with Crippen molar-refractivity contribution in [3.8, 4) is 0 Å². The molecule has 0 saturated carbocycles. The van der Waals surface area contributed by atoms with Gasteiger partial charge in [0.2, 0.25) is 5.91 Å². The summed E-state index contributed by atoms with van der Waals surface area (Å²) < 4.78 is 4.82. The van der Waals surface area contributed by atoms with Crippen LogP contribution in [0.25, 0.3) is 0 Å². The van der Waals surface area contributed by atoms with Gasteiger partial charge in [-0.3, -0.25) is 9.59 Å². The number of ether oxygens (including phenoxy) is 1. The number of nitrogens with two attached hydrogens (primary N) is 1. The zero-order valence-electron chi connectivity index (χ0n) is 13.6. The van der Waals surface area contributed by atoms with E-state index in [4.69, 9.17) is 10.5 Å². The Hall–Kier alpha value is -1.14. The van der Waals surface area contributed by atoms with Gasteiger partial charge in [-0.05, 0) is 24.7 Å². The molecule has 0 aromatic carbocycles. The van der Waals surface area contributed by atoms with E-state index in [2.05, 4.69) is 31.4 Å². The molecule has 4 N–H and O–H groups in total. The van der Waals surface area contributed by atoms with Crippen molar-refractivity contribution in [3.05, 3.63) is 0 Å². The van der Waals surface area contributed by atoms with Crippen LogP contribution in [0.3, 0.4) is 0 Å². The standard InChI is InChI=1S/C15H29N3O3/c1-15(2,3)8-11(16)9-18-12(14(20)21-4)7-10-5-6-17-13(10)19/h10-12,18H,5-9,16H2,1-4H3,(H,17,19)/t10-,11-,12-/m0/s1. The summed E-state index contributed by atoms with van der Waals surface area (Å²) in [6, 6.07) is -0.510. The maximum Gasteiger partial charge on any atom is 0.322 e. The number of carbonyl (C=O) groups excluding carboxylic acids is 2. The van der Waals surface area contributed by atoms with Crippen LogP contribution in [0.4, 0.5) is 0 Å². The van der Waals surface area contributed by atoms with Gasteiger partial charge in [0.05, 0.1) is 7.11 Å². The SMILES string of the molecule is COC(=O)[C@H](C[C@@H]1CCNC1=O)NC[C@@H](N)CC(C)(C)C. The monoisotopic (exact) mass is 299 g/mol. The van der Waals surface area contributed by atoms with Gasteiger partial charge < -0.3 is 21.1 Å². The lowest BCUT2D eigenvalue weighted by Crippen LogP contribution is -2.46. The molecule has 1 saturated heterocycles. The molecule has 1 heterocycles. The van der Waals surface area contributed by atoms with Gasteiger partial charge in [-0.1, -0.05) is 20.8 Å². The van der Waals surface area contributed by atoms with Gasteiger partial charge in [0.15, 0.2) is 0 Å². The first-order valence-electron chi connectivity index (χ1n) is 7.57. The number of nitrogens with one attached hydrogen (secondary N) is 2. The summed E-state index contributed by atoms with van der Waals surface area (Å²) in [6.45, 7) is 7.61. The Bertz CT molecular complexity index is 366. The molecule has 0 aliphatic carbocycles. The predicted molar refractivity (Wildman–Crippen MR) is 81.6 cm³/mol. The van der Waals surface area contributed by atoms with E-state index in [1.54, 1.807) is 0 Å². The Morgan fingerprint density at radius 1 is 1.52 bits per heavy atom. The molecule has 6 heteroatoms. The van der Waals surface area contributed by atoms with E-state index in [1.165, 1.54) is 7.11 Å². The number of amides is 1. The lowest BCUT2D eigenvalue weighted by Gasteiger charge is -2.25. The highest BCUT2D eigenvalue weighted by atomic mass is 16.5. The average Bonchev–Trinajstić information content (AvgIpc) is 2.77. The van der Waals surface area contributed by atoms with Crippen molar-refractivity contribution in [3.63, 3.8) is 0 Å². The second-order valence-electron chi connectivity index (χ2n) is 7.02. The Morgan fingerprint density at radius 2 is 2.19 bits per heavy atom. The molecule has 6 nitrogen and oxygen atoms in total. The maximum atomic E-state index is 11.8. The summed E-state index contributed by atoms with van der Waals surface area (Å²) in [6.07, 6.45) is 2.08. The minimum Gasteiger partial charge on any atom is -0.468 e. The number of hydrogen-bond acceptors (Lipinski definition) is 5. The molecule has 1 aliphatic heterocycles. The minimum atomic E-state index is -0.477. The summed E-state index contributed by atoms with van der Waals surface area (Å²) in [5, 5.41) is 5.95. The molecule has 1 aliphatic rings. The van der Waals surface area contributed by atoms with Crippen molar-refractivity contribution in [2.24, 2.45) is 17.1 Å². The topological polar surface area (TPSA) is 93.4 Å². The van der Waals surface area contributed by atoms with Crippen LogP contribution in [0.15, 0.2) is 0 Å². The Balaban J connectivity index is 2.50. The van der Waals surface area contributed by atoms with Gasteiger partial charge in [0, 0.05) is 25.0 Å². The lowest BCUT2D eigenvalue weighted by atomic mass is 9.88. The quantitative estimate of drug-likeness (QED) is 0.592. The number of rotatable bonds is 7. The zero-order chi connectivity index (χ0) is 16.0. The first-order chi connectivity index (χ1) is 9.73. The number of esters is 1. The fourth-order valence-electron chi connectivity index (χ4n) is 2.71. The van der Waals surface area contributed by atoms with Gasteiger partial charge >= 0.3 is 5.97 Å². The first-order valence-corrected chi connectivity index (χ1v) is 7.57. The van der Waals surface area contributed by atoms with Crippen molar-refractivity contribution in [1.29, 1.82) is 0 Å². The summed E-state index contributed by atoms with van der Waals surface area (Å²) in [4.78, 5) is 23.5. The van der Waals surface area contributed by atoms with Crippen LogP contribution < -0.4 is 16.4 Å². The van der Waals surface area contributed by atoms with E-state index in [-0.39, 0.29) is 29.3 Å². The normalized spacial score (nSPS) is 21.8. The van der Waals surface area contributed by atoms with Crippen LogP contribution in [0.1, 0.15) is 40.0 Å². The molecule has 1 rings (SSSR count). The Kier molecular flexibility index (Phi) is 6.61. The molecule has 21 heavy (non-hydrogen) atoms. The maximum absolute atomic E-state index is 11.8. The molecular weight excluding hydrogens is 270 g/mol. The number of carbonyl (C=O) groups is 2. The summed E-state index contributed by atoms with van der Waals surface area (Å²) >= 11 is 0. The highest BCUT2D eigenvalue weighted by Crippen LogP contribution is 2.20. The predicted octanol–water partition coefficient (Wildman–Crippen LogP) is 0.407. The van der Waals surface area contributed by atoms with Crippen LogP contribution in [0.5, 0.6) is 0 Å². The van der Waals surface area contributed by atoms with Gasteiger partial charge in [-0.15, -0.1) is 0 Å². The minimum absolute atomic E-state index is 0.0182. The Labute approximate surface area is 127 Å². The van der Waals surface area contributed by atoms with E-state index in [1.807, 2.05) is 0 Å². The molecular formula is C15H29N3O3. The van der Waals surface area contributed by atoms with Gasteiger partial charge in [0.1, 0.15) is 6.04 Å². The Morgan fingerprint density at radius 3 is 2.67 bits per heavy atom. The number of hydrogen-bond donors (Lipinski definition) is 3. The van der Waals surface area contributed by atoms with Crippen LogP contribution >= 0.6 is 0 Å². The van der Waals surface area contributed by atoms with Crippen LogP contribution in [0, 0.1) is 11.3 Å². The van der Waals surface area contributed by atoms with Crippen LogP contribution in [-0.2, 0) is 14.3 Å². The van der Waals surface area contributed by atoms with Crippen LogP contribution in [-0.4, -0.2) is 44.2 Å². The van der Waals surface area contributed by atoms with Gasteiger partial charge in [-0.2, -0.15) is 0 Å². The van der Waals surface area contributed by atoms with E-state index in [9.17, 15) is 9.59 Å². The summed E-state index contributed by atoms with van der Waals surface area (Å²) in [5.41, 5.74) is 6.24. The zero-order valence-corrected chi connectivity index (χ0v) is 13.6. The summed E-state index contributed by atoms with van der Waals surface area (Å²) in [5.74, 6) is -0.442. The highest BCUT2D eigenvalue weighted by molar-refractivity contribution is 5.82. The fraction of sp³-hybridized carbons (Fsp3) is 0.867. The molecule has 0 spiro atoms. The molecule has 1 fully saturated rings. The average molecular weight is 299 g/mol. The van der Waals surface area contributed by atoms with E-state index in [0.29, 0.717) is 19.5 Å². The van der Waals surface area contributed by atoms with Crippen molar-refractivity contribution in [1.82, 2.24) is 10.6 Å². The fourth-order valence-corrected chi connectivity index (χ4v) is 2.71.